The Morgan fingerprint density at radius 1 is 1.00 bits per heavy atom. The lowest BCUT2D eigenvalue weighted by Crippen LogP contribution is -2.20. The normalized spacial score (nSPS) is 10.9. The van der Waals surface area contributed by atoms with Crippen molar-refractivity contribution in [2.75, 3.05) is 23.8 Å². The Morgan fingerprint density at radius 3 is 2.52 bits per heavy atom. The van der Waals surface area contributed by atoms with Crippen LogP contribution in [0.5, 0.6) is 11.5 Å². The molecule has 1 aromatic heterocycles. The van der Waals surface area contributed by atoms with Crippen LogP contribution in [-0.2, 0) is 4.79 Å². The van der Waals surface area contributed by atoms with Crippen molar-refractivity contribution in [1.29, 1.82) is 0 Å². The van der Waals surface area contributed by atoms with Crippen LogP contribution < -0.4 is 25.5 Å². The molecule has 0 aliphatic carbocycles. The van der Waals surface area contributed by atoms with Crippen LogP contribution >= 0.6 is 38.9 Å². The van der Waals surface area contributed by atoms with Gasteiger partial charge in [-0.05, 0) is 102 Å². The molecule has 0 aliphatic heterocycles. The summed E-state index contributed by atoms with van der Waals surface area (Å²) in [5.41, 5.74) is 7.94. The zero-order valence-electron chi connectivity index (χ0n) is 24.8. The van der Waals surface area contributed by atoms with Gasteiger partial charge in [0.1, 0.15) is 0 Å². The van der Waals surface area contributed by atoms with E-state index in [0.717, 1.165) is 27.6 Å². The molecular formula is C34H29BrClN5O4S. The molecule has 0 radical (unpaired) electrons. The Kier molecular flexibility index (Phi) is 11.0. The third-order valence-electron chi connectivity index (χ3n) is 6.40. The second-order valence-electron chi connectivity index (χ2n) is 9.92. The minimum atomic E-state index is -0.366. The fraction of sp³-hybridized carbons (Fsp3) is 0.118. The highest BCUT2D eigenvalue weighted by atomic mass is 79.9. The van der Waals surface area contributed by atoms with Gasteiger partial charge in [0.15, 0.2) is 23.2 Å². The van der Waals surface area contributed by atoms with E-state index < -0.39 is 0 Å². The number of hydrogen-bond donors (Lipinski definition) is 3. The van der Waals surface area contributed by atoms with Gasteiger partial charge in [-0.2, -0.15) is 5.10 Å². The summed E-state index contributed by atoms with van der Waals surface area (Å²) >= 11 is 10.9. The van der Waals surface area contributed by atoms with Gasteiger partial charge in [-0.15, -0.1) is 11.3 Å². The topological polar surface area (TPSA) is 114 Å². The number of thiazole rings is 1. The molecule has 5 aromatic rings. The van der Waals surface area contributed by atoms with E-state index in [-0.39, 0.29) is 18.4 Å². The van der Waals surface area contributed by atoms with Crippen LogP contribution in [0, 0.1) is 6.92 Å². The van der Waals surface area contributed by atoms with Crippen molar-refractivity contribution in [2.24, 2.45) is 5.10 Å². The summed E-state index contributed by atoms with van der Waals surface area (Å²) in [6, 6.07) is 25.5. The molecule has 0 atom stereocenters. The summed E-state index contributed by atoms with van der Waals surface area (Å²) < 4.78 is 12.1. The standard InChI is InChI=1S/C34H29BrClN5O4S/c1-3-44-30-17-22(16-28(35)32(30)45-19-31(42)38-27-6-4-5-21(2)15-27)18-37-41-33(43)24-9-7-23(8-10-24)29-20-46-34(40-29)39-26-13-11-25(36)12-14-26/h4-18,20H,3,19H2,1-2H3,(H,38,42)(H,39,40)(H,41,43)/b37-18-. The summed E-state index contributed by atoms with van der Waals surface area (Å²) in [6.07, 6.45) is 1.50. The van der Waals surface area contributed by atoms with E-state index in [1.165, 1.54) is 17.6 Å². The number of hydrazone groups is 1. The number of carbonyl (C=O) groups excluding carboxylic acids is 2. The van der Waals surface area contributed by atoms with Crippen LogP contribution in [0.25, 0.3) is 11.3 Å². The molecule has 9 nitrogen and oxygen atoms in total. The Morgan fingerprint density at radius 2 is 1.78 bits per heavy atom. The van der Waals surface area contributed by atoms with E-state index in [2.05, 4.69) is 42.1 Å². The van der Waals surface area contributed by atoms with Crippen LogP contribution in [0.15, 0.2) is 99.9 Å². The maximum Gasteiger partial charge on any atom is 0.271 e. The molecule has 0 unspecified atom stereocenters. The lowest BCUT2D eigenvalue weighted by molar-refractivity contribution is -0.118. The maximum absolute atomic E-state index is 12.8. The summed E-state index contributed by atoms with van der Waals surface area (Å²) in [4.78, 5) is 29.9. The highest BCUT2D eigenvalue weighted by Crippen LogP contribution is 2.36. The van der Waals surface area contributed by atoms with Crippen LogP contribution in [0.1, 0.15) is 28.4 Å². The largest absolute Gasteiger partial charge is 0.490 e. The molecular weight excluding hydrogens is 690 g/mol. The number of anilines is 3. The molecule has 4 aromatic carbocycles. The molecule has 3 N–H and O–H groups in total. The van der Waals surface area contributed by atoms with Gasteiger partial charge in [0.05, 0.1) is 23.0 Å². The van der Waals surface area contributed by atoms with Gasteiger partial charge in [-0.25, -0.2) is 10.4 Å². The van der Waals surface area contributed by atoms with Crippen molar-refractivity contribution >= 4 is 73.4 Å². The van der Waals surface area contributed by atoms with Gasteiger partial charge in [0.2, 0.25) is 0 Å². The fourth-order valence-electron chi connectivity index (χ4n) is 4.27. The second kappa shape index (κ2) is 15.5. The average Bonchev–Trinajstić information content (AvgIpc) is 3.50. The second-order valence-corrected chi connectivity index (χ2v) is 12.1. The number of aryl methyl sites for hydroxylation is 1. The zero-order valence-corrected chi connectivity index (χ0v) is 28.0. The fourth-order valence-corrected chi connectivity index (χ4v) is 5.71. The van der Waals surface area contributed by atoms with Gasteiger partial charge in [-0.3, -0.25) is 9.59 Å². The van der Waals surface area contributed by atoms with Crippen molar-refractivity contribution < 1.29 is 19.1 Å². The summed E-state index contributed by atoms with van der Waals surface area (Å²) in [5.74, 6) is 0.145. The number of nitrogens with zero attached hydrogens (tertiary/aromatic N) is 2. The highest BCUT2D eigenvalue weighted by molar-refractivity contribution is 9.10. The van der Waals surface area contributed by atoms with E-state index >= 15 is 0 Å². The van der Waals surface area contributed by atoms with Gasteiger partial charge in [0.25, 0.3) is 11.8 Å². The van der Waals surface area contributed by atoms with E-state index in [1.54, 1.807) is 24.3 Å². The van der Waals surface area contributed by atoms with Crippen LogP contribution in [-0.4, -0.2) is 36.2 Å². The predicted octanol–water partition coefficient (Wildman–Crippen LogP) is 8.46. The van der Waals surface area contributed by atoms with Gasteiger partial charge >= 0.3 is 0 Å². The SMILES string of the molecule is CCOc1cc(/C=N\NC(=O)c2ccc(-c3csc(Nc4ccc(Cl)cc4)n3)cc2)cc(Br)c1OCC(=O)Nc1cccc(C)c1. The molecule has 0 spiro atoms. The lowest BCUT2D eigenvalue weighted by atomic mass is 10.1. The minimum Gasteiger partial charge on any atom is -0.490 e. The number of hydrogen-bond acceptors (Lipinski definition) is 8. The molecule has 0 saturated carbocycles. The van der Waals surface area contributed by atoms with Gasteiger partial charge in [-0.1, -0.05) is 35.9 Å². The van der Waals surface area contributed by atoms with Crippen LogP contribution in [0.3, 0.4) is 0 Å². The first-order valence-corrected chi connectivity index (χ1v) is 16.2. The number of ether oxygens (including phenoxy) is 2. The van der Waals surface area contributed by atoms with E-state index in [4.69, 9.17) is 21.1 Å². The monoisotopic (exact) mass is 717 g/mol. The summed E-state index contributed by atoms with van der Waals surface area (Å²) in [5, 5.41) is 13.6. The first-order chi connectivity index (χ1) is 22.3. The van der Waals surface area contributed by atoms with Crippen LogP contribution in [0.2, 0.25) is 5.02 Å². The number of aromatic nitrogens is 1. The molecule has 0 saturated heterocycles. The molecule has 0 fully saturated rings. The Hall–Kier alpha value is -4.71. The van der Waals surface area contributed by atoms with E-state index in [0.29, 0.717) is 44.4 Å². The molecule has 46 heavy (non-hydrogen) atoms. The van der Waals surface area contributed by atoms with Crippen molar-refractivity contribution in [1.82, 2.24) is 10.4 Å². The predicted molar refractivity (Wildman–Crippen MR) is 188 cm³/mol. The van der Waals surface area contributed by atoms with Gasteiger partial charge in [0, 0.05) is 32.9 Å². The number of benzene rings is 4. The first kappa shape index (κ1) is 32.7. The molecule has 0 aliphatic rings. The molecule has 5 rings (SSSR count). The average molecular weight is 719 g/mol. The smallest absolute Gasteiger partial charge is 0.271 e. The molecule has 2 amide bonds. The number of nitrogens with one attached hydrogen (secondary N) is 3. The minimum absolute atomic E-state index is 0.209. The number of rotatable bonds is 12. The quantitative estimate of drug-likeness (QED) is 0.0882. The maximum atomic E-state index is 12.8. The number of carbonyl (C=O) groups is 2. The van der Waals surface area contributed by atoms with Crippen molar-refractivity contribution in [2.45, 2.75) is 13.8 Å². The van der Waals surface area contributed by atoms with Crippen molar-refractivity contribution in [3.8, 4) is 22.8 Å². The Labute approximate surface area is 283 Å². The van der Waals surface area contributed by atoms with Crippen molar-refractivity contribution in [3.63, 3.8) is 0 Å². The Balaban J connectivity index is 1.17. The zero-order chi connectivity index (χ0) is 32.5. The number of amides is 2. The summed E-state index contributed by atoms with van der Waals surface area (Å²) in [6.45, 7) is 3.97. The molecule has 1 heterocycles. The highest BCUT2D eigenvalue weighted by Gasteiger charge is 2.15. The lowest BCUT2D eigenvalue weighted by Gasteiger charge is -2.14. The third-order valence-corrected chi connectivity index (χ3v) is 8.00. The Bertz CT molecular complexity index is 1860. The molecule has 234 valence electrons. The van der Waals surface area contributed by atoms with E-state index in [1.807, 2.05) is 79.9 Å². The third kappa shape index (κ3) is 8.94. The molecule has 0 bridgehead atoms. The molecule has 12 heteroatoms. The van der Waals surface area contributed by atoms with Gasteiger partial charge < -0.3 is 20.1 Å². The first-order valence-electron chi connectivity index (χ1n) is 14.1. The van der Waals surface area contributed by atoms with E-state index in [9.17, 15) is 9.59 Å². The number of halogens is 2. The summed E-state index contributed by atoms with van der Waals surface area (Å²) in [7, 11) is 0. The van der Waals surface area contributed by atoms with Crippen LogP contribution in [0.4, 0.5) is 16.5 Å². The van der Waals surface area contributed by atoms with Crippen molar-refractivity contribution in [3.05, 3.63) is 116 Å².